The second-order valence-electron chi connectivity index (χ2n) is 6.13. The Bertz CT molecular complexity index is 1040. The first-order valence-corrected chi connectivity index (χ1v) is 8.55. The predicted octanol–water partition coefficient (Wildman–Crippen LogP) is 2.67. The van der Waals surface area contributed by atoms with Crippen LogP contribution in [0, 0.1) is 0 Å². The fraction of sp³-hybridized carbons (Fsp3) is 0.0952. The number of benzene rings is 2. The Hall–Kier alpha value is -3.01. The summed E-state index contributed by atoms with van der Waals surface area (Å²) in [5.41, 5.74) is 4.99. The molecular weight excluding hydrogens is 307 g/mol. The second kappa shape index (κ2) is 6.13. The molecule has 3 aromatic rings. The van der Waals surface area contributed by atoms with Crippen molar-refractivity contribution in [1.82, 2.24) is 9.27 Å². The quantitative estimate of drug-likeness (QED) is 0.532. The highest BCUT2D eigenvalue weighted by Gasteiger charge is 2.37. The molecule has 0 unspecified atom stereocenters. The maximum atomic E-state index is 13.1. The Morgan fingerprint density at radius 3 is 2.28 bits per heavy atom. The molecule has 122 valence electrons. The van der Waals surface area contributed by atoms with Gasteiger partial charge in [0.2, 0.25) is 0 Å². The molecule has 0 bridgehead atoms. The van der Waals surface area contributed by atoms with Crippen molar-refractivity contribution < 1.29 is 0 Å². The van der Waals surface area contributed by atoms with E-state index < -0.39 is 0 Å². The largest absolute Gasteiger partial charge is 0.349 e. The highest BCUT2D eigenvalue weighted by atomic mass is 16.1. The number of rotatable bonds is 3. The zero-order valence-electron chi connectivity index (χ0n) is 14.4. The summed E-state index contributed by atoms with van der Waals surface area (Å²) in [6.07, 6.45) is 7.83. The molecule has 0 aliphatic carbocycles. The maximum absolute atomic E-state index is 13.1. The summed E-state index contributed by atoms with van der Waals surface area (Å²) in [7, 11) is 0. The number of fused-ring (bicyclic) bond motifs is 3. The van der Waals surface area contributed by atoms with Crippen molar-refractivity contribution in [2.45, 2.75) is 13.8 Å². The third-order valence-electron chi connectivity index (χ3n) is 4.64. The number of aromatic nitrogens is 2. The highest BCUT2D eigenvalue weighted by Crippen LogP contribution is 2.20. The summed E-state index contributed by atoms with van der Waals surface area (Å²) < 4.78 is 3.94. The van der Waals surface area contributed by atoms with Gasteiger partial charge in [-0.2, -0.15) is 0 Å². The number of nitrogens with zero attached hydrogens (tertiary/aromatic N) is 2. The molecule has 2 aromatic carbocycles. The number of hydrogen-bond acceptors (Lipinski definition) is 1. The van der Waals surface area contributed by atoms with Crippen molar-refractivity contribution in [1.29, 1.82) is 0 Å². The van der Waals surface area contributed by atoms with Gasteiger partial charge in [-0.25, -0.2) is 4.68 Å². The Balaban J connectivity index is 2.12. The Morgan fingerprint density at radius 1 is 0.880 bits per heavy atom. The number of allylic oxidation sites excluding steroid dienone is 2. The van der Waals surface area contributed by atoms with Crippen LogP contribution in [-0.2, 0) is 0 Å². The zero-order valence-corrected chi connectivity index (χ0v) is 14.4. The maximum Gasteiger partial charge on any atom is 0.349 e. The van der Waals surface area contributed by atoms with Gasteiger partial charge in [-0.3, -0.25) is 4.79 Å². The molecule has 0 fully saturated rings. The molecule has 0 amide bonds. The van der Waals surface area contributed by atoms with E-state index in [-0.39, 0.29) is 12.4 Å². The Labute approximate surface area is 147 Å². The van der Waals surface area contributed by atoms with Crippen LogP contribution >= 0.6 is 0 Å². The van der Waals surface area contributed by atoms with E-state index in [1.807, 2.05) is 79.2 Å². The normalized spacial score (nSPS) is 13.0. The van der Waals surface area contributed by atoms with Gasteiger partial charge in [-0.15, -0.1) is 0 Å². The summed E-state index contributed by atoms with van der Waals surface area (Å²) in [6.45, 7) is 3.92. The van der Waals surface area contributed by atoms with Crippen LogP contribution in [0.2, 0.25) is 0 Å². The predicted molar refractivity (Wildman–Crippen MR) is 106 cm³/mol. The fourth-order valence-corrected chi connectivity index (χ4v) is 3.68. The van der Waals surface area contributed by atoms with Gasteiger partial charge in [0.1, 0.15) is 0 Å². The van der Waals surface area contributed by atoms with E-state index in [9.17, 15) is 4.79 Å². The smallest absolute Gasteiger partial charge is 0.311 e. The first-order chi connectivity index (χ1) is 12.3. The summed E-state index contributed by atoms with van der Waals surface area (Å²) in [4.78, 5) is 13.1. The van der Waals surface area contributed by atoms with Crippen LogP contribution < -0.4 is 16.5 Å². The van der Waals surface area contributed by atoms with E-state index in [4.69, 9.17) is 0 Å². The molecule has 0 atom stereocenters. The molecular formula is C21H19BN2O. The summed E-state index contributed by atoms with van der Waals surface area (Å²) >= 11 is 0. The SMILES string of the molecule is C/C=C\c1c(/C=C\C)n2n(c1=O)-c1ccccc1B2c1ccccc1. The summed E-state index contributed by atoms with van der Waals surface area (Å²) in [6, 6.07) is 18.5. The van der Waals surface area contributed by atoms with Crippen LogP contribution in [0.15, 0.2) is 71.5 Å². The van der Waals surface area contributed by atoms with Gasteiger partial charge in [-0.05, 0) is 36.9 Å². The van der Waals surface area contributed by atoms with E-state index >= 15 is 0 Å². The zero-order chi connectivity index (χ0) is 17.4. The van der Waals surface area contributed by atoms with Gasteiger partial charge < -0.3 is 4.59 Å². The van der Waals surface area contributed by atoms with Gasteiger partial charge in [-0.1, -0.05) is 66.8 Å². The Morgan fingerprint density at radius 2 is 1.56 bits per heavy atom. The molecule has 4 rings (SSSR count). The van der Waals surface area contributed by atoms with Gasteiger partial charge in [0.25, 0.3) is 5.56 Å². The summed E-state index contributed by atoms with van der Waals surface area (Å²) in [5.74, 6) is 0. The standard InChI is InChI=1S/C21H19BN2O/c1-3-10-17-19(11-4-2)24-22(16-12-6-5-7-13-16)18-14-8-9-15-20(18)23(24)21(17)25/h3-15H,1-2H3/b10-3-,11-4-. The molecule has 25 heavy (non-hydrogen) atoms. The van der Waals surface area contributed by atoms with Gasteiger partial charge in [0.05, 0.1) is 16.9 Å². The van der Waals surface area contributed by atoms with Gasteiger partial charge >= 0.3 is 6.85 Å². The van der Waals surface area contributed by atoms with Crippen LogP contribution in [0.5, 0.6) is 0 Å². The lowest BCUT2D eigenvalue weighted by atomic mass is 9.51. The van der Waals surface area contributed by atoms with Crippen molar-refractivity contribution in [2.24, 2.45) is 0 Å². The molecule has 1 aromatic heterocycles. The van der Waals surface area contributed by atoms with Crippen LogP contribution in [0.1, 0.15) is 25.1 Å². The van der Waals surface area contributed by atoms with E-state index in [2.05, 4.69) is 22.8 Å². The molecule has 4 heteroatoms. The molecule has 2 heterocycles. The fourth-order valence-electron chi connectivity index (χ4n) is 3.68. The third kappa shape index (κ3) is 2.25. The minimum Gasteiger partial charge on any atom is -0.311 e. The van der Waals surface area contributed by atoms with Crippen molar-refractivity contribution in [3.05, 3.63) is 88.4 Å². The lowest BCUT2D eigenvalue weighted by molar-refractivity contribution is 0.796. The molecule has 0 saturated heterocycles. The molecule has 0 radical (unpaired) electrons. The number of hydrogen-bond donors (Lipinski definition) is 0. The average Bonchev–Trinajstić information content (AvgIpc) is 3.11. The Kier molecular flexibility index (Phi) is 3.81. The molecule has 0 saturated carbocycles. The topological polar surface area (TPSA) is 26.9 Å². The van der Waals surface area contributed by atoms with E-state index in [0.29, 0.717) is 0 Å². The number of para-hydroxylation sites is 1. The lowest BCUT2D eigenvalue weighted by Gasteiger charge is -2.13. The van der Waals surface area contributed by atoms with Crippen molar-refractivity contribution >= 4 is 29.9 Å². The van der Waals surface area contributed by atoms with Crippen LogP contribution in [0.25, 0.3) is 17.8 Å². The lowest BCUT2D eigenvalue weighted by Crippen LogP contribution is -2.46. The second-order valence-corrected chi connectivity index (χ2v) is 6.13. The molecule has 0 N–H and O–H groups in total. The molecule has 0 spiro atoms. The molecule has 1 aliphatic rings. The average molecular weight is 326 g/mol. The van der Waals surface area contributed by atoms with Gasteiger partial charge in [0, 0.05) is 0 Å². The molecule has 1 aliphatic heterocycles. The van der Waals surface area contributed by atoms with Crippen LogP contribution in [0.4, 0.5) is 0 Å². The van der Waals surface area contributed by atoms with Crippen LogP contribution in [-0.4, -0.2) is 16.1 Å². The minimum atomic E-state index is -0.00435. The van der Waals surface area contributed by atoms with Crippen LogP contribution in [0.3, 0.4) is 0 Å². The first kappa shape index (κ1) is 15.5. The third-order valence-corrected chi connectivity index (χ3v) is 4.64. The monoisotopic (exact) mass is 326 g/mol. The van der Waals surface area contributed by atoms with Crippen molar-refractivity contribution in [2.75, 3.05) is 0 Å². The summed E-state index contributed by atoms with van der Waals surface area (Å²) in [5, 5.41) is 0. The highest BCUT2D eigenvalue weighted by molar-refractivity contribution is 6.85. The van der Waals surface area contributed by atoms with Gasteiger partial charge in [0.15, 0.2) is 0 Å². The minimum absolute atomic E-state index is 0.00435. The first-order valence-electron chi connectivity index (χ1n) is 8.55. The van der Waals surface area contributed by atoms with E-state index in [1.54, 1.807) is 0 Å². The van der Waals surface area contributed by atoms with Crippen molar-refractivity contribution in [3.8, 4) is 5.69 Å². The van der Waals surface area contributed by atoms with E-state index in [1.165, 1.54) is 5.46 Å². The van der Waals surface area contributed by atoms with E-state index in [0.717, 1.165) is 22.4 Å². The molecule has 3 nitrogen and oxygen atoms in total. The van der Waals surface area contributed by atoms with Crippen molar-refractivity contribution in [3.63, 3.8) is 0 Å².